The third-order valence-corrected chi connectivity index (χ3v) is 6.75. The van der Waals surface area contributed by atoms with Gasteiger partial charge in [0, 0.05) is 28.7 Å². The zero-order chi connectivity index (χ0) is 24.5. The fraction of sp³-hybridized carbons (Fsp3) is 0. The summed E-state index contributed by atoms with van der Waals surface area (Å²) >= 11 is 10.9. The van der Waals surface area contributed by atoms with Crippen molar-refractivity contribution < 1.29 is 0 Å². The Hall–Kier alpha value is -4.33. The molecule has 4 heterocycles. The van der Waals surface area contributed by atoms with E-state index in [0.29, 0.717) is 0 Å². The second-order valence-electron chi connectivity index (χ2n) is 8.30. The van der Waals surface area contributed by atoms with E-state index in [-0.39, 0.29) is 0 Å². The third kappa shape index (κ3) is 4.15. The van der Waals surface area contributed by atoms with E-state index in [1.165, 1.54) is 0 Å². The molecule has 5 nitrogen and oxygen atoms in total. The molecule has 2 N–H and O–H groups in total. The first-order valence-electron chi connectivity index (χ1n) is 11.4. The first-order chi connectivity index (χ1) is 17.7. The molecule has 0 radical (unpaired) electrons. The van der Waals surface area contributed by atoms with Crippen molar-refractivity contribution in [1.82, 2.24) is 25.1 Å². The molecule has 2 aromatic heterocycles. The normalized spacial score (nSPS) is 11.9. The number of nitrogens with one attached hydrogen (secondary N) is 2. The summed E-state index contributed by atoms with van der Waals surface area (Å²) in [4.78, 5) is 11.2. The van der Waals surface area contributed by atoms with Crippen LogP contribution < -0.4 is 0 Å². The molecule has 4 aromatic rings. The number of H-pyrrole nitrogens is 2. The van der Waals surface area contributed by atoms with Crippen molar-refractivity contribution in [2.45, 2.75) is 0 Å². The molecule has 0 amide bonds. The van der Waals surface area contributed by atoms with Crippen molar-refractivity contribution in [1.29, 1.82) is 0 Å². The molecule has 2 aliphatic rings. The lowest BCUT2D eigenvalue weighted by molar-refractivity contribution is 1.08. The molecule has 0 saturated carbocycles. The highest BCUT2D eigenvalue weighted by molar-refractivity contribution is 7.72. The van der Waals surface area contributed by atoms with Gasteiger partial charge in [-0.15, -0.1) is 10.2 Å². The van der Waals surface area contributed by atoms with E-state index in [4.69, 9.17) is 24.4 Å². The number of nitrogens with zero attached hydrogens (tertiary/aromatic N) is 3. The molecule has 0 bridgehead atoms. The summed E-state index contributed by atoms with van der Waals surface area (Å²) in [6, 6.07) is 19.8. The first kappa shape index (κ1) is 22.2. The van der Waals surface area contributed by atoms with Gasteiger partial charge in [0.15, 0.2) is 0 Å². The van der Waals surface area contributed by atoms with Crippen LogP contribution in [0.5, 0.6) is 0 Å². The summed E-state index contributed by atoms with van der Waals surface area (Å²) < 4.78 is 1.58. The molecule has 36 heavy (non-hydrogen) atoms. The lowest BCUT2D eigenvalue weighted by atomic mass is 10.1. The number of fused-ring (bicyclic) bond motifs is 3. The zero-order valence-electron chi connectivity index (χ0n) is 19.0. The van der Waals surface area contributed by atoms with E-state index in [2.05, 4.69) is 37.3 Å². The van der Waals surface area contributed by atoms with Crippen LogP contribution in [0.2, 0.25) is 0 Å². The van der Waals surface area contributed by atoms with E-state index in [9.17, 15) is 0 Å². The van der Waals surface area contributed by atoms with Crippen LogP contribution in [0, 0.1) is 9.02 Å². The molecule has 0 saturated heterocycles. The van der Waals surface area contributed by atoms with Gasteiger partial charge in [-0.25, -0.2) is 0 Å². The molecule has 0 fully saturated rings. The van der Waals surface area contributed by atoms with Crippen molar-refractivity contribution in [2.75, 3.05) is 0 Å². The Morgan fingerprint density at radius 2 is 1.25 bits per heavy atom. The van der Waals surface area contributed by atoms with Crippen molar-refractivity contribution in [2.24, 2.45) is 0 Å². The Morgan fingerprint density at radius 1 is 0.639 bits per heavy atom. The minimum Gasteiger partial charge on any atom is -0.359 e. The molecule has 2 aromatic carbocycles. The van der Waals surface area contributed by atoms with Gasteiger partial charge in [-0.05, 0) is 47.5 Å². The maximum Gasteiger partial charge on any atom is 0.113 e. The minimum absolute atomic E-state index is 0.738. The van der Waals surface area contributed by atoms with E-state index in [0.717, 1.165) is 64.6 Å². The van der Waals surface area contributed by atoms with Crippen LogP contribution in [-0.4, -0.2) is 25.1 Å². The largest absolute Gasteiger partial charge is 0.359 e. The van der Waals surface area contributed by atoms with Gasteiger partial charge in [0.25, 0.3) is 0 Å². The number of aromatic amines is 2. The number of hydrogen-bond donors (Lipinski definition) is 2. The third-order valence-electron chi connectivity index (χ3n) is 6.07. The molecular formula is C29H19N5S2. The Morgan fingerprint density at radius 3 is 1.92 bits per heavy atom. The van der Waals surface area contributed by atoms with Crippen LogP contribution in [0.15, 0.2) is 79.3 Å². The van der Waals surface area contributed by atoms with Crippen LogP contribution in [-0.2, 0) is 0 Å². The second kappa shape index (κ2) is 9.37. The summed E-state index contributed by atoms with van der Waals surface area (Å²) in [6.45, 7) is 0. The van der Waals surface area contributed by atoms with Gasteiger partial charge in [0.1, 0.15) is 5.69 Å². The number of hydrogen-bond acceptors (Lipinski definition) is 5. The van der Waals surface area contributed by atoms with Gasteiger partial charge in [-0.3, -0.25) is 4.98 Å². The van der Waals surface area contributed by atoms with Crippen LogP contribution in [0.25, 0.3) is 57.4 Å². The maximum atomic E-state index is 5.47. The molecule has 6 rings (SSSR count). The fourth-order valence-electron chi connectivity index (χ4n) is 4.22. The Balaban J connectivity index is 1.32. The Kier molecular flexibility index (Phi) is 5.77. The smallest absolute Gasteiger partial charge is 0.113 e. The van der Waals surface area contributed by atoms with E-state index >= 15 is 0 Å². The van der Waals surface area contributed by atoms with Crippen molar-refractivity contribution >= 4 is 70.5 Å². The molecule has 0 atom stereocenters. The van der Waals surface area contributed by atoms with E-state index < -0.39 is 0 Å². The SMILES string of the molecule is S=c1ccccc2c(/C=C/c3ccc4c(/C=C/c5c[nH]c6c(=S)ccccc56)nnc-4cn3)c[nH]c12. The van der Waals surface area contributed by atoms with Crippen molar-refractivity contribution in [3.05, 3.63) is 111 Å². The average Bonchev–Trinajstić information content (AvgIpc) is 3.47. The summed E-state index contributed by atoms with van der Waals surface area (Å²) in [5.41, 5.74) is 7.28. The minimum atomic E-state index is 0.738. The highest BCUT2D eigenvalue weighted by atomic mass is 32.1. The summed E-state index contributed by atoms with van der Waals surface area (Å²) in [5, 5.41) is 10.8. The summed E-state index contributed by atoms with van der Waals surface area (Å²) in [5.74, 6) is 0. The highest BCUT2D eigenvalue weighted by Gasteiger charge is 2.11. The van der Waals surface area contributed by atoms with Crippen LogP contribution in [0.1, 0.15) is 22.5 Å². The summed E-state index contributed by atoms with van der Waals surface area (Å²) in [7, 11) is 0. The fourth-order valence-corrected chi connectivity index (χ4v) is 4.72. The van der Waals surface area contributed by atoms with E-state index in [1.54, 1.807) is 6.20 Å². The molecule has 7 heteroatoms. The van der Waals surface area contributed by atoms with Gasteiger partial charge < -0.3 is 9.97 Å². The van der Waals surface area contributed by atoms with Gasteiger partial charge in [0.05, 0.1) is 37.6 Å². The monoisotopic (exact) mass is 501 g/mol. The highest BCUT2D eigenvalue weighted by Crippen LogP contribution is 2.26. The molecular weight excluding hydrogens is 482 g/mol. The van der Waals surface area contributed by atoms with Crippen LogP contribution >= 0.6 is 24.4 Å². The first-order valence-corrected chi connectivity index (χ1v) is 12.2. The topological polar surface area (TPSA) is 70.2 Å². The van der Waals surface area contributed by atoms with Gasteiger partial charge in [-0.1, -0.05) is 73.0 Å². The van der Waals surface area contributed by atoms with Crippen LogP contribution in [0.4, 0.5) is 0 Å². The summed E-state index contributed by atoms with van der Waals surface area (Å²) in [6.07, 6.45) is 13.7. The molecule has 0 unspecified atom stereocenters. The molecule has 0 spiro atoms. The van der Waals surface area contributed by atoms with Gasteiger partial charge in [-0.2, -0.15) is 0 Å². The van der Waals surface area contributed by atoms with Crippen molar-refractivity contribution in [3.63, 3.8) is 0 Å². The Bertz CT molecular complexity index is 1900. The average molecular weight is 502 g/mol. The standard InChI is InChI=1S/C29H19N5S2/c35-26-7-3-1-5-21-18(15-31-28(21)26)9-11-20-12-13-23-24(33-34-25(23)17-30-20)14-10-19-16-32-29-22(19)6-2-4-8-27(29)36/h1-17,31-32H/b11-9+,14-10+. The maximum absolute atomic E-state index is 5.47. The quantitative estimate of drug-likeness (QED) is 0.242. The lowest BCUT2D eigenvalue weighted by Crippen LogP contribution is -1.74. The Labute approximate surface area is 217 Å². The van der Waals surface area contributed by atoms with Gasteiger partial charge >= 0.3 is 0 Å². The number of aromatic nitrogens is 5. The lowest BCUT2D eigenvalue weighted by Gasteiger charge is -1.91. The predicted octanol–water partition coefficient (Wildman–Crippen LogP) is 7.74. The van der Waals surface area contributed by atoms with E-state index in [1.807, 2.05) is 85.2 Å². The second-order valence-corrected chi connectivity index (χ2v) is 9.18. The zero-order valence-corrected chi connectivity index (χ0v) is 20.6. The number of rotatable bonds is 4. The van der Waals surface area contributed by atoms with Crippen molar-refractivity contribution in [3.8, 4) is 11.3 Å². The van der Waals surface area contributed by atoms with Gasteiger partial charge in [0.2, 0.25) is 0 Å². The molecule has 0 aliphatic carbocycles. The molecule has 172 valence electrons. The predicted molar refractivity (Wildman–Crippen MR) is 153 cm³/mol. The van der Waals surface area contributed by atoms with Crippen LogP contribution in [0.3, 0.4) is 0 Å². The molecule has 2 aliphatic heterocycles.